The van der Waals surface area contributed by atoms with Gasteiger partial charge in [-0.1, -0.05) is 12.0 Å². The molecule has 3 heteroatoms. The Labute approximate surface area is 80.5 Å². The molecule has 13 heavy (non-hydrogen) atoms. The zero-order valence-corrected chi connectivity index (χ0v) is 8.68. The molecule has 0 aliphatic rings. The van der Waals surface area contributed by atoms with E-state index < -0.39 is 0 Å². The zero-order chi connectivity index (χ0) is 10.1. The lowest BCUT2D eigenvalue weighted by Gasteiger charge is -2.00. The van der Waals surface area contributed by atoms with Gasteiger partial charge in [-0.25, -0.2) is 5.41 Å². The highest BCUT2D eigenvalue weighted by atomic mass is 16.5. The van der Waals surface area contributed by atoms with Crippen LogP contribution in [0.15, 0.2) is 11.8 Å². The van der Waals surface area contributed by atoms with E-state index in [0.717, 1.165) is 19.3 Å². The van der Waals surface area contributed by atoms with E-state index in [1.54, 1.807) is 13.3 Å². The van der Waals surface area contributed by atoms with Gasteiger partial charge in [-0.15, -0.1) is 0 Å². The van der Waals surface area contributed by atoms with Gasteiger partial charge in [0.2, 0.25) is 0 Å². The molecule has 0 heterocycles. The zero-order valence-electron chi connectivity index (χ0n) is 8.68. The van der Waals surface area contributed by atoms with Crippen LogP contribution in [-0.4, -0.2) is 13.0 Å². The second-order valence-electron chi connectivity index (χ2n) is 3.24. The van der Waals surface area contributed by atoms with Crippen molar-refractivity contribution in [1.29, 1.82) is 0 Å². The molecule has 0 aliphatic heterocycles. The van der Waals surface area contributed by atoms with Crippen molar-refractivity contribution in [2.75, 3.05) is 7.11 Å². The first-order valence-corrected chi connectivity index (χ1v) is 4.73. The molecule has 0 aromatic heterocycles. The second-order valence-corrected chi connectivity index (χ2v) is 3.24. The van der Waals surface area contributed by atoms with Crippen LogP contribution in [0.3, 0.4) is 0 Å². The topological polar surface area (TPSA) is 60.8 Å². The summed E-state index contributed by atoms with van der Waals surface area (Å²) < 4.78 is 4.86. The SMILES string of the molecule is COC(=[NH2+])CCCCC/C(C)=C\N. The first-order chi connectivity index (χ1) is 6.20. The minimum Gasteiger partial charge on any atom is -0.451 e. The van der Waals surface area contributed by atoms with Crippen LogP contribution >= 0.6 is 0 Å². The fraction of sp³-hybridized carbons (Fsp3) is 0.700. The van der Waals surface area contributed by atoms with E-state index in [1.165, 1.54) is 18.4 Å². The summed E-state index contributed by atoms with van der Waals surface area (Å²) in [5.74, 6) is 0.631. The largest absolute Gasteiger partial charge is 0.451 e. The Morgan fingerprint density at radius 2 is 1.92 bits per heavy atom. The Bertz CT molecular complexity index is 176. The standard InChI is InChI=1S/C10H20N2O/c1-9(8-11)6-4-3-5-7-10(12)13-2/h8,12H,3-7,11H2,1-2H3/p+1/b9-8-,12-10?. The molecule has 0 fully saturated rings. The molecular weight excluding hydrogens is 164 g/mol. The number of unbranched alkanes of at least 4 members (excludes halogenated alkanes) is 2. The van der Waals surface area contributed by atoms with Crippen LogP contribution in [-0.2, 0) is 4.74 Å². The Morgan fingerprint density at radius 1 is 1.31 bits per heavy atom. The van der Waals surface area contributed by atoms with E-state index in [-0.39, 0.29) is 0 Å². The van der Waals surface area contributed by atoms with E-state index in [0.29, 0.717) is 5.90 Å². The lowest BCUT2D eigenvalue weighted by molar-refractivity contribution is -0.140. The van der Waals surface area contributed by atoms with E-state index in [9.17, 15) is 0 Å². The Hall–Kier alpha value is -0.990. The summed E-state index contributed by atoms with van der Waals surface area (Å²) in [5.41, 5.74) is 6.60. The first kappa shape index (κ1) is 12.0. The highest BCUT2D eigenvalue weighted by Gasteiger charge is 2.00. The van der Waals surface area contributed by atoms with Gasteiger partial charge in [-0.05, 0) is 32.4 Å². The fourth-order valence-electron chi connectivity index (χ4n) is 1.07. The van der Waals surface area contributed by atoms with Gasteiger partial charge >= 0.3 is 5.90 Å². The fourth-order valence-corrected chi connectivity index (χ4v) is 1.07. The molecule has 4 N–H and O–H groups in total. The summed E-state index contributed by atoms with van der Waals surface area (Å²) in [6, 6.07) is 0. The number of hydrogen-bond donors (Lipinski definition) is 2. The smallest absolute Gasteiger partial charge is 0.332 e. The quantitative estimate of drug-likeness (QED) is 0.362. The Balaban J connectivity index is 3.22. The maximum absolute atomic E-state index is 5.50. The summed E-state index contributed by atoms with van der Waals surface area (Å²) in [5, 5.41) is 5.50. The van der Waals surface area contributed by atoms with Gasteiger partial charge in [0.1, 0.15) is 0 Å². The number of ether oxygens (including phenoxy) is 1. The van der Waals surface area contributed by atoms with Crippen molar-refractivity contribution < 1.29 is 10.1 Å². The maximum Gasteiger partial charge on any atom is 0.332 e. The average Bonchev–Trinajstić information content (AvgIpc) is 2.16. The molecule has 0 saturated heterocycles. The number of allylic oxidation sites excluding steroid dienone is 1. The predicted octanol–water partition coefficient (Wildman–Crippen LogP) is 0.603. The molecule has 0 rings (SSSR count). The summed E-state index contributed by atoms with van der Waals surface area (Å²) in [6.45, 7) is 2.05. The maximum atomic E-state index is 5.50. The summed E-state index contributed by atoms with van der Waals surface area (Å²) in [7, 11) is 1.61. The Kier molecular flexibility index (Phi) is 7.07. The Morgan fingerprint density at radius 3 is 2.46 bits per heavy atom. The van der Waals surface area contributed by atoms with Crippen molar-refractivity contribution in [3.8, 4) is 0 Å². The van der Waals surface area contributed by atoms with Crippen molar-refractivity contribution in [3.63, 3.8) is 0 Å². The number of rotatable bonds is 6. The third kappa shape index (κ3) is 7.37. The van der Waals surface area contributed by atoms with Crippen LogP contribution in [0.4, 0.5) is 0 Å². The van der Waals surface area contributed by atoms with Crippen LogP contribution in [0.2, 0.25) is 0 Å². The molecule has 0 amide bonds. The van der Waals surface area contributed by atoms with Crippen LogP contribution in [0.25, 0.3) is 0 Å². The molecule has 3 nitrogen and oxygen atoms in total. The van der Waals surface area contributed by atoms with Gasteiger partial charge in [0.05, 0.1) is 13.5 Å². The van der Waals surface area contributed by atoms with Crippen molar-refractivity contribution in [1.82, 2.24) is 0 Å². The van der Waals surface area contributed by atoms with E-state index >= 15 is 0 Å². The lowest BCUT2D eigenvalue weighted by Crippen LogP contribution is -2.40. The summed E-state index contributed by atoms with van der Waals surface area (Å²) in [4.78, 5) is 0. The van der Waals surface area contributed by atoms with Gasteiger partial charge in [0.25, 0.3) is 0 Å². The molecule has 0 aliphatic carbocycles. The minimum atomic E-state index is 0.631. The van der Waals surface area contributed by atoms with Gasteiger partial charge in [0, 0.05) is 0 Å². The molecule has 0 atom stereocenters. The molecular formula is C10H21N2O+. The number of methoxy groups -OCH3 is 1. The number of hydrogen-bond acceptors (Lipinski definition) is 2. The lowest BCUT2D eigenvalue weighted by atomic mass is 10.1. The molecule has 0 bridgehead atoms. The summed E-state index contributed by atoms with van der Waals surface area (Å²) in [6.07, 6.45) is 7.07. The summed E-state index contributed by atoms with van der Waals surface area (Å²) >= 11 is 0. The van der Waals surface area contributed by atoms with Gasteiger partial charge < -0.3 is 10.5 Å². The van der Waals surface area contributed by atoms with Gasteiger partial charge in [0.15, 0.2) is 0 Å². The van der Waals surface area contributed by atoms with Crippen molar-refractivity contribution in [3.05, 3.63) is 11.8 Å². The second kappa shape index (κ2) is 7.65. The predicted molar refractivity (Wildman–Crippen MR) is 55.0 cm³/mol. The average molecular weight is 185 g/mol. The van der Waals surface area contributed by atoms with Gasteiger partial charge in [-0.2, -0.15) is 0 Å². The third-order valence-corrected chi connectivity index (χ3v) is 2.04. The van der Waals surface area contributed by atoms with Crippen molar-refractivity contribution in [2.45, 2.75) is 39.0 Å². The van der Waals surface area contributed by atoms with Crippen LogP contribution in [0, 0.1) is 0 Å². The van der Waals surface area contributed by atoms with Gasteiger partial charge in [-0.3, -0.25) is 0 Å². The van der Waals surface area contributed by atoms with E-state index in [2.05, 4.69) is 6.92 Å². The van der Waals surface area contributed by atoms with E-state index in [1.807, 2.05) is 0 Å². The highest BCUT2D eigenvalue weighted by molar-refractivity contribution is 5.68. The first-order valence-electron chi connectivity index (χ1n) is 4.73. The van der Waals surface area contributed by atoms with Crippen molar-refractivity contribution in [2.24, 2.45) is 5.73 Å². The molecule has 0 unspecified atom stereocenters. The molecule has 76 valence electrons. The molecule has 0 radical (unpaired) electrons. The molecule has 0 aromatic carbocycles. The minimum absolute atomic E-state index is 0.631. The molecule has 0 aromatic rings. The van der Waals surface area contributed by atoms with Crippen molar-refractivity contribution >= 4 is 5.90 Å². The van der Waals surface area contributed by atoms with Crippen LogP contribution in [0.1, 0.15) is 39.0 Å². The monoisotopic (exact) mass is 185 g/mol. The van der Waals surface area contributed by atoms with Crippen LogP contribution < -0.4 is 11.1 Å². The normalized spacial score (nSPS) is 11.4. The van der Waals surface area contributed by atoms with Crippen LogP contribution in [0.5, 0.6) is 0 Å². The number of nitrogens with two attached hydrogens (primary N) is 2. The molecule has 0 spiro atoms. The highest BCUT2D eigenvalue weighted by Crippen LogP contribution is 2.08. The third-order valence-electron chi connectivity index (χ3n) is 2.04. The van der Waals surface area contributed by atoms with E-state index in [4.69, 9.17) is 15.9 Å². The molecule has 0 saturated carbocycles.